The van der Waals surface area contributed by atoms with Crippen molar-refractivity contribution >= 4 is 33.2 Å². The number of rotatable bonds is 6. The molecular formula is C20H23NO3S2. The molecule has 138 valence electrons. The van der Waals surface area contributed by atoms with Crippen LogP contribution in [0.1, 0.15) is 17.5 Å². The van der Waals surface area contributed by atoms with Crippen LogP contribution in [0.3, 0.4) is 0 Å². The largest absolute Gasteiger partial charge is 0.308 e. The van der Waals surface area contributed by atoms with Crippen LogP contribution in [0.4, 0.5) is 5.69 Å². The molecule has 1 saturated heterocycles. The second kappa shape index (κ2) is 8.27. The summed E-state index contributed by atoms with van der Waals surface area (Å²) in [6.07, 6.45) is 0.506. The SMILES string of the molecule is Cc1ccc(CSCC(=O)N(c2ccccc2)[C@H]2CCS(=O)(=O)C2)cc1. The van der Waals surface area contributed by atoms with E-state index in [2.05, 4.69) is 24.3 Å². The fourth-order valence-electron chi connectivity index (χ4n) is 3.14. The lowest BCUT2D eigenvalue weighted by Crippen LogP contribution is -2.42. The Morgan fingerprint density at radius 2 is 1.81 bits per heavy atom. The molecule has 1 fully saturated rings. The van der Waals surface area contributed by atoms with Gasteiger partial charge in [0, 0.05) is 11.4 Å². The van der Waals surface area contributed by atoms with E-state index in [-0.39, 0.29) is 23.5 Å². The van der Waals surface area contributed by atoms with Crippen LogP contribution >= 0.6 is 11.8 Å². The number of para-hydroxylation sites is 1. The van der Waals surface area contributed by atoms with E-state index in [1.807, 2.05) is 37.3 Å². The number of anilines is 1. The summed E-state index contributed by atoms with van der Waals surface area (Å²) in [5.41, 5.74) is 3.17. The molecule has 1 amide bonds. The van der Waals surface area contributed by atoms with E-state index in [1.54, 1.807) is 16.7 Å². The van der Waals surface area contributed by atoms with Crippen molar-refractivity contribution in [2.75, 3.05) is 22.2 Å². The quantitative estimate of drug-likeness (QED) is 0.759. The topological polar surface area (TPSA) is 54.5 Å². The Balaban J connectivity index is 1.68. The van der Waals surface area contributed by atoms with Gasteiger partial charge in [-0.15, -0.1) is 11.8 Å². The van der Waals surface area contributed by atoms with Crippen molar-refractivity contribution in [3.8, 4) is 0 Å². The van der Waals surface area contributed by atoms with Gasteiger partial charge in [-0.3, -0.25) is 4.79 Å². The van der Waals surface area contributed by atoms with Gasteiger partial charge in [0.1, 0.15) is 0 Å². The predicted molar refractivity (Wildman–Crippen MR) is 108 cm³/mol. The van der Waals surface area contributed by atoms with Crippen molar-refractivity contribution in [3.63, 3.8) is 0 Å². The van der Waals surface area contributed by atoms with Gasteiger partial charge in [0.2, 0.25) is 5.91 Å². The second-order valence-electron chi connectivity index (χ2n) is 6.63. The standard InChI is InChI=1S/C20H23NO3S2/c1-16-7-9-17(10-8-16)13-25-14-20(22)21(18-5-3-2-4-6-18)19-11-12-26(23,24)15-19/h2-10,19H,11-15H2,1H3/t19-/m0/s1. The highest BCUT2D eigenvalue weighted by molar-refractivity contribution is 7.99. The van der Waals surface area contributed by atoms with Gasteiger partial charge in [-0.25, -0.2) is 8.42 Å². The molecule has 0 aromatic heterocycles. The minimum atomic E-state index is -3.05. The summed E-state index contributed by atoms with van der Waals surface area (Å²) >= 11 is 1.56. The Kier molecular flexibility index (Phi) is 6.04. The van der Waals surface area contributed by atoms with Crippen LogP contribution in [0.5, 0.6) is 0 Å². The zero-order valence-corrected chi connectivity index (χ0v) is 16.4. The number of carbonyl (C=O) groups excluding carboxylic acids is 1. The Bertz CT molecular complexity index is 848. The summed E-state index contributed by atoms with van der Waals surface area (Å²) in [5.74, 6) is 1.27. The van der Waals surface area contributed by atoms with Crippen molar-refractivity contribution < 1.29 is 13.2 Å². The number of hydrogen-bond acceptors (Lipinski definition) is 4. The summed E-state index contributed by atoms with van der Waals surface area (Å²) in [6.45, 7) is 2.05. The third kappa shape index (κ3) is 4.89. The molecule has 4 nitrogen and oxygen atoms in total. The summed E-state index contributed by atoms with van der Waals surface area (Å²) in [6, 6.07) is 17.4. The lowest BCUT2D eigenvalue weighted by atomic mass is 10.2. The monoisotopic (exact) mass is 389 g/mol. The first-order valence-electron chi connectivity index (χ1n) is 8.65. The molecule has 0 unspecified atom stereocenters. The van der Waals surface area contributed by atoms with Gasteiger partial charge in [-0.05, 0) is 31.0 Å². The number of sulfone groups is 1. The van der Waals surface area contributed by atoms with E-state index in [4.69, 9.17) is 0 Å². The summed E-state index contributed by atoms with van der Waals surface area (Å²) in [7, 11) is -3.05. The van der Waals surface area contributed by atoms with Crippen molar-refractivity contribution in [2.45, 2.75) is 25.1 Å². The zero-order chi connectivity index (χ0) is 18.6. The smallest absolute Gasteiger partial charge is 0.237 e. The Morgan fingerprint density at radius 1 is 1.12 bits per heavy atom. The maximum atomic E-state index is 12.9. The van der Waals surface area contributed by atoms with Gasteiger partial charge < -0.3 is 4.90 Å². The molecular weight excluding hydrogens is 366 g/mol. The first-order valence-corrected chi connectivity index (χ1v) is 11.6. The lowest BCUT2D eigenvalue weighted by molar-refractivity contribution is -0.116. The van der Waals surface area contributed by atoms with Crippen LogP contribution in [-0.4, -0.2) is 37.6 Å². The van der Waals surface area contributed by atoms with Gasteiger partial charge in [-0.2, -0.15) is 0 Å². The molecule has 3 rings (SSSR count). The van der Waals surface area contributed by atoms with Crippen molar-refractivity contribution in [1.82, 2.24) is 0 Å². The minimum absolute atomic E-state index is 0.0320. The highest BCUT2D eigenvalue weighted by atomic mass is 32.2. The van der Waals surface area contributed by atoms with E-state index < -0.39 is 9.84 Å². The van der Waals surface area contributed by atoms with Crippen LogP contribution in [0.15, 0.2) is 54.6 Å². The minimum Gasteiger partial charge on any atom is -0.308 e. The van der Waals surface area contributed by atoms with Crippen LogP contribution in [0.25, 0.3) is 0 Å². The number of aryl methyl sites for hydroxylation is 1. The van der Waals surface area contributed by atoms with Gasteiger partial charge in [0.15, 0.2) is 9.84 Å². The van der Waals surface area contributed by atoms with Gasteiger partial charge in [-0.1, -0.05) is 48.0 Å². The Hall–Kier alpha value is -1.79. The molecule has 6 heteroatoms. The van der Waals surface area contributed by atoms with Gasteiger partial charge in [0.05, 0.1) is 23.3 Å². The van der Waals surface area contributed by atoms with Crippen LogP contribution < -0.4 is 4.90 Å². The van der Waals surface area contributed by atoms with Gasteiger partial charge in [0.25, 0.3) is 0 Å². The fourth-order valence-corrected chi connectivity index (χ4v) is 5.68. The van der Waals surface area contributed by atoms with E-state index in [0.717, 1.165) is 11.4 Å². The van der Waals surface area contributed by atoms with Crippen LogP contribution in [0, 0.1) is 6.92 Å². The molecule has 0 bridgehead atoms. The fraction of sp³-hybridized carbons (Fsp3) is 0.350. The Morgan fingerprint density at radius 3 is 2.42 bits per heavy atom. The summed E-state index contributed by atoms with van der Waals surface area (Å²) in [5, 5.41) is 0. The number of thioether (sulfide) groups is 1. The average Bonchev–Trinajstić information content (AvgIpc) is 2.97. The third-order valence-electron chi connectivity index (χ3n) is 4.49. The third-order valence-corrected chi connectivity index (χ3v) is 7.23. The summed E-state index contributed by atoms with van der Waals surface area (Å²) < 4.78 is 23.8. The number of nitrogens with zero attached hydrogens (tertiary/aromatic N) is 1. The van der Waals surface area contributed by atoms with Gasteiger partial charge >= 0.3 is 0 Å². The summed E-state index contributed by atoms with van der Waals surface area (Å²) in [4.78, 5) is 14.6. The predicted octanol–water partition coefficient (Wildman–Crippen LogP) is 3.45. The molecule has 0 spiro atoms. The number of benzene rings is 2. The number of carbonyl (C=O) groups is 1. The van der Waals surface area contributed by atoms with E-state index >= 15 is 0 Å². The molecule has 1 aliphatic rings. The van der Waals surface area contributed by atoms with E-state index in [9.17, 15) is 13.2 Å². The molecule has 0 radical (unpaired) electrons. The van der Waals surface area contributed by atoms with Crippen molar-refractivity contribution in [2.24, 2.45) is 0 Å². The molecule has 2 aromatic rings. The molecule has 2 aromatic carbocycles. The second-order valence-corrected chi connectivity index (χ2v) is 9.85. The Labute approximate surface area is 159 Å². The maximum absolute atomic E-state index is 12.9. The lowest BCUT2D eigenvalue weighted by Gasteiger charge is -2.28. The normalized spacial score (nSPS) is 18.6. The molecule has 1 atom stereocenters. The first-order chi connectivity index (χ1) is 12.4. The van der Waals surface area contributed by atoms with Crippen molar-refractivity contribution in [1.29, 1.82) is 0 Å². The zero-order valence-electron chi connectivity index (χ0n) is 14.8. The van der Waals surface area contributed by atoms with Crippen molar-refractivity contribution in [3.05, 3.63) is 65.7 Å². The first kappa shape index (κ1) is 19.0. The molecule has 1 aliphatic heterocycles. The maximum Gasteiger partial charge on any atom is 0.237 e. The number of hydrogen-bond donors (Lipinski definition) is 0. The molecule has 0 saturated carbocycles. The van der Waals surface area contributed by atoms with Crippen LogP contribution in [0.2, 0.25) is 0 Å². The number of amides is 1. The highest BCUT2D eigenvalue weighted by Crippen LogP contribution is 2.26. The van der Waals surface area contributed by atoms with E-state index in [0.29, 0.717) is 12.2 Å². The van der Waals surface area contributed by atoms with E-state index in [1.165, 1.54) is 11.1 Å². The molecule has 26 heavy (non-hydrogen) atoms. The highest BCUT2D eigenvalue weighted by Gasteiger charge is 2.35. The van der Waals surface area contributed by atoms with Crippen LogP contribution in [-0.2, 0) is 20.4 Å². The molecule has 1 heterocycles. The molecule has 0 aliphatic carbocycles. The molecule has 0 N–H and O–H groups in total. The average molecular weight is 390 g/mol.